The second kappa shape index (κ2) is 9.72. The molecule has 2 unspecified atom stereocenters. The van der Waals surface area contributed by atoms with Gasteiger partial charge in [0.2, 0.25) is 11.9 Å². The second-order valence-electron chi connectivity index (χ2n) is 8.21. The van der Waals surface area contributed by atoms with Gasteiger partial charge >= 0.3 is 0 Å². The van der Waals surface area contributed by atoms with Gasteiger partial charge in [0, 0.05) is 23.8 Å². The molecule has 3 heterocycles. The van der Waals surface area contributed by atoms with Crippen molar-refractivity contribution < 1.29 is 14.3 Å². The number of H-pyrrole nitrogens is 1. The molecule has 0 fully saturated rings. The van der Waals surface area contributed by atoms with Gasteiger partial charge in [0.1, 0.15) is 11.7 Å². The van der Waals surface area contributed by atoms with Gasteiger partial charge in [-0.1, -0.05) is 18.2 Å². The first kappa shape index (κ1) is 22.8. The van der Waals surface area contributed by atoms with E-state index in [1.165, 1.54) is 0 Å². The fourth-order valence-corrected chi connectivity index (χ4v) is 4.68. The number of nitrogens with one attached hydrogen (secondary N) is 3. The standard InChI is InChI=1S/C25H23N5O4S/c1-35-16-6-4-15(5-7-16)20-17(12-26)23(31)28-22-21(20)24(32)30-25(29-22)27-13-14-3-8-18-19(11-14)34-10-2-9-33-18/h3-8,11,17,20H,2,9-10,13H2,1H3,(H3,27,28,29,30,31,32). The summed E-state index contributed by atoms with van der Waals surface area (Å²) in [6, 6.07) is 15.2. The minimum Gasteiger partial charge on any atom is -0.490 e. The quantitative estimate of drug-likeness (QED) is 0.465. The minimum atomic E-state index is -1.04. The normalized spacial score (nSPS) is 18.6. The van der Waals surface area contributed by atoms with Crippen molar-refractivity contribution in [1.82, 2.24) is 9.97 Å². The molecular formula is C25H23N5O4S. The van der Waals surface area contributed by atoms with Gasteiger partial charge in [0.15, 0.2) is 11.5 Å². The molecule has 0 aliphatic carbocycles. The van der Waals surface area contributed by atoms with E-state index in [1.54, 1.807) is 11.8 Å². The Morgan fingerprint density at radius 1 is 1.14 bits per heavy atom. The number of rotatable bonds is 5. The van der Waals surface area contributed by atoms with Gasteiger partial charge in [-0.15, -0.1) is 11.8 Å². The maximum Gasteiger partial charge on any atom is 0.258 e. The molecule has 0 spiro atoms. The molecule has 0 radical (unpaired) electrons. The maximum absolute atomic E-state index is 13.2. The van der Waals surface area contributed by atoms with Gasteiger partial charge in [-0.2, -0.15) is 10.2 Å². The molecule has 1 aromatic heterocycles. The number of ether oxygens (including phenoxy) is 2. The first-order valence-electron chi connectivity index (χ1n) is 11.2. The SMILES string of the molecule is CSc1ccc(C2c3c(nc(NCc4ccc5c(c4)OCCCO5)[nH]c3=O)NC(=O)C2C#N)cc1. The zero-order valence-corrected chi connectivity index (χ0v) is 19.8. The van der Waals surface area contributed by atoms with Crippen LogP contribution in [0.15, 0.2) is 52.2 Å². The number of aromatic nitrogens is 2. The number of aromatic amines is 1. The average molecular weight is 490 g/mol. The van der Waals surface area contributed by atoms with Crippen molar-refractivity contribution in [2.24, 2.45) is 5.92 Å². The fraction of sp³-hybridized carbons (Fsp3) is 0.280. The summed E-state index contributed by atoms with van der Waals surface area (Å²) < 4.78 is 11.4. The van der Waals surface area contributed by atoms with Crippen LogP contribution < -0.4 is 25.7 Å². The lowest BCUT2D eigenvalue weighted by Gasteiger charge is -2.28. The van der Waals surface area contributed by atoms with Crippen molar-refractivity contribution in [3.8, 4) is 17.6 Å². The summed E-state index contributed by atoms with van der Waals surface area (Å²) in [4.78, 5) is 34.1. The van der Waals surface area contributed by atoms with E-state index in [0.717, 1.165) is 16.9 Å². The molecular weight excluding hydrogens is 466 g/mol. The predicted octanol–water partition coefficient (Wildman–Crippen LogP) is 3.49. The Kier molecular flexibility index (Phi) is 6.33. The zero-order chi connectivity index (χ0) is 24.4. The number of nitrogens with zero attached hydrogens (tertiary/aromatic N) is 2. The number of hydrogen-bond acceptors (Lipinski definition) is 8. The van der Waals surface area contributed by atoms with Crippen LogP contribution in [0.5, 0.6) is 11.5 Å². The average Bonchev–Trinajstić information content (AvgIpc) is 3.12. The maximum atomic E-state index is 13.2. The Morgan fingerprint density at radius 3 is 2.66 bits per heavy atom. The molecule has 1 amide bonds. The molecule has 0 saturated heterocycles. The smallest absolute Gasteiger partial charge is 0.258 e. The highest BCUT2D eigenvalue weighted by Gasteiger charge is 2.40. The van der Waals surface area contributed by atoms with E-state index in [0.29, 0.717) is 36.8 Å². The number of carbonyl (C=O) groups is 1. The topological polar surface area (TPSA) is 129 Å². The van der Waals surface area contributed by atoms with E-state index < -0.39 is 23.3 Å². The van der Waals surface area contributed by atoms with Crippen LogP contribution in [0.3, 0.4) is 0 Å². The number of hydrogen-bond donors (Lipinski definition) is 3. The highest BCUT2D eigenvalue weighted by Crippen LogP contribution is 2.38. The van der Waals surface area contributed by atoms with Crippen molar-refractivity contribution in [2.75, 3.05) is 30.1 Å². The molecule has 9 nitrogen and oxygen atoms in total. The third-order valence-electron chi connectivity index (χ3n) is 6.01. The highest BCUT2D eigenvalue weighted by atomic mass is 32.2. The number of nitriles is 1. The molecule has 35 heavy (non-hydrogen) atoms. The molecule has 2 aliphatic rings. The summed E-state index contributed by atoms with van der Waals surface area (Å²) in [6.07, 6.45) is 2.79. The molecule has 5 rings (SSSR count). The second-order valence-corrected chi connectivity index (χ2v) is 9.09. The first-order valence-corrected chi connectivity index (χ1v) is 12.4. The molecule has 10 heteroatoms. The van der Waals surface area contributed by atoms with Crippen molar-refractivity contribution in [2.45, 2.75) is 23.8 Å². The number of anilines is 2. The number of thioether (sulfide) groups is 1. The van der Waals surface area contributed by atoms with E-state index in [-0.39, 0.29) is 17.3 Å². The Balaban J connectivity index is 1.43. The lowest BCUT2D eigenvalue weighted by atomic mass is 9.79. The van der Waals surface area contributed by atoms with Crippen LogP contribution in [0.1, 0.15) is 29.0 Å². The van der Waals surface area contributed by atoms with Gasteiger partial charge in [0.05, 0.1) is 24.8 Å². The van der Waals surface area contributed by atoms with Crippen LogP contribution in [-0.4, -0.2) is 35.3 Å². The van der Waals surface area contributed by atoms with Gasteiger partial charge in [-0.25, -0.2) is 0 Å². The van der Waals surface area contributed by atoms with E-state index in [9.17, 15) is 14.9 Å². The minimum absolute atomic E-state index is 0.158. The van der Waals surface area contributed by atoms with Gasteiger partial charge in [-0.05, 0) is 41.6 Å². The van der Waals surface area contributed by atoms with E-state index in [1.807, 2.05) is 48.7 Å². The molecule has 2 atom stereocenters. The van der Waals surface area contributed by atoms with E-state index >= 15 is 0 Å². The Labute approximate surface area is 205 Å². The Morgan fingerprint density at radius 2 is 1.91 bits per heavy atom. The summed E-state index contributed by atoms with van der Waals surface area (Å²) in [5.41, 5.74) is 1.49. The molecule has 2 aromatic carbocycles. The molecule has 2 aliphatic heterocycles. The van der Waals surface area contributed by atoms with E-state index in [2.05, 4.69) is 26.7 Å². The molecule has 178 valence electrons. The van der Waals surface area contributed by atoms with Crippen LogP contribution in [0, 0.1) is 17.2 Å². The van der Waals surface area contributed by atoms with Crippen molar-refractivity contribution in [1.29, 1.82) is 5.26 Å². The number of amides is 1. The predicted molar refractivity (Wildman–Crippen MR) is 132 cm³/mol. The Bertz CT molecular complexity index is 1370. The van der Waals surface area contributed by atoms with Crippen LogP contribution in [0.2, 0.25) is 0 Å². The summed E-state index contributed by atoms with van der Waals surface area (Å²) >= 11 is 1.59. The number of benzene rings is 2. The van der Waals surface area contributed by atoms with Crippen LogP contribution in [0.4, 0.5) is 11.8 Å². The molecule has 0 saturated carbocycles. The van der Waals surface area contributed by atoms with Crippen molar-refractivity contribution in [3.63, 3.8) is 0 Å². The van der Waals surface area contributed by atoms with Crippen molar-refractivity contribution in [3.05, 3.63) is 69.5 Å². The third kappa shape index (κ3) is 4.55. The summed E-state index contributed by atoms with van der Waals surface area (Å²) in [5.74, 6) is -0.473. The third-order valence-corrected chi connectivity index (χ3v) is 6.75. The molecule has 3 aromatic rings. The van der Waals surface area contributed by atoms with E-state index in [4.69, 9.17) is 9.47 Å². The monoisotopic (exact) mass is 489 g/mol. The lowest BCUT2D eigenvalue weighted by molar-refractivity contribution is -0.119. The van der Waals surface area contributed by atoms with Crippen LogP contribution >= 0.6 is 11.8 Å². The lowest BCUT2D eigenvalue weighted by Crippen LogP contribution is -2.38. The highest BCUT2D eigenvalue weighted by molar-refractivity contribution is 7.98. The number of fused-ring (bicyclic) bond motifs is 2. The number of carbonyl (C=O) groups excluding carboxylic acids is 1. The van der Waals surface area contributed by atoms with Crippen molar-refractivity contribution >= 4 is 29.4 Å². The first-order chi connectivity index (χ1) is 17.1. The summed E-state index contributed by atoms with van der Waals surface area (Å²) in [7, 11) is 0. The molecule has 3 N–H and O–H groups in total. The van der Waals surface area contributed by atoms with Gasteiger partial charge < -0.3 is 20.1 Å². The summed E-state index contributed by atoms with van der Waals surface area (Å²) in [6.45, 7) is 1.58. The Hall–Kier alpha value is -3.97. The fourth-order valence-electron chi connectivity index (χ4n) is 4.27. The largest absolute Gasteiger partial charge is 0.490 e. The molecule has 0 bridgehead atoms. The zero-order valence-electron chi connectivity index (χ0n) is 19.0. The van der Waals surface area contributed by atoms with Gasteiger partial charge in [-0.3, -0.25) is 14.6 Å². The van der Waals surface area contributed by atoms with Crippen LogP contribution in [-0.2, 0) is 11.3 Å². The van der Waals surface area contributed by atoms with Gasteiger partial charge in [0.25, 0.3) is 5.56 Å². The summed E-state index contributed by atoms with van der Waals surface area (Å²) in [5, 5.41) is 15.4. The van der Waals surface area contributed by atoms with Crippen LogP contribution in [0.25, 0.3) is 0 Å².